The number of anilines is 1. The predicted molar refractivity (Wildman–Crippen MR) is 70.4 cm³/mol. The summed E-state index contributed by atoms with van der Waals surface area (Å²) in [6, 6.07) is 3.39. The highest BCUT2D eigenvalue weighted by molar-refractivity contribution is 9.10. The molecule has 1 aromatic rings. The Bertz CT molecular complexity index is 489. The van der Waals surface area contributed by atoms with Gasteiger partial charge in [-0.1, -0.05) is 0 Å². The van der Waals surface area contributed by atoms with Gasteiger partial charge in [0.15, 0.2) is 0 Å². The maximum absolute atomic E-state index is 12.0. The van der Waals surface area contributed by atoms with E-state index in [9.17, 15) is 8.42 Å². The molecule has 0 radical (unpaired) electrons. The Hall–Kier alpha value is -0.660. The van der Waals surface area contributed by atoms with Gasteiger partial charge in [-0.2, -0.15) is 0 Å². The van der Waals surface area contributed by atoms with Crippen LogP contribution in [0.2, 0.25) is 0 Å². The van der Waals surface area contributed by atoms with Crippen molar-refractivity contribution in [1.29, 1.82) is 0 Å². The zero-order valence-corrected chi connectivity index (χ0v) is 11.8. The highest BCUT2D eigenvalue weighted by Crippen LogP contribution is 2.18. The van der Waals surface area contributed by atoms with Gasteiger partial charge < -0.3 is 4.90 Å². The van der Waals surface area contributed by atoms with Crippen LogP contribution in [0, 0.1) is 0 Å². The molecular weight excluding hydrogens is 306 g/mol. The molecule has 1 N–H and O–H groups in total. The molecule has 0 aliphatic carbocycles. The Morgan fingerprint density at radius 2 is 2.29 bits per heavy atom. The summed E-state index contributed by atoms with van der Waals surface area (Å²) in [6.45, 7) is 1.39. The van der Waals surface area contributed by atoms with Gasteiger partial charge in [-0.3, -0.25) is 4.72 Å². The van der Waals surface area contributed by atoms with Crippen molar-refractivity contribution < 1.29 is 8.42 Å². The quantitative estimate of drug-likeness (QED) is 0.912. The van der Waals surface area contributed by atoms with Crippen LogP contribution < -0.4 is 4.72 Å². The Balaban J connectivity index is 2.09. The average Bonchev–Trinajstić information content (AvgIpc) is 2.69. The van der Waals surface area contributed by atoms with Gasteiger partial charge in [-0.05, 0) is 48.1 Å². The van der Waals surface area contributed by atoms with Crippen molar-refractivity contribution in [2.75, 3.05) is 24.9 Å². The van der Waals surface area contributed by atoms with Crippen LogP contribution in [0.25, 0.3) is 0 Å². The normalized spacial score (nSPS) is 21.6. The van der Waals surface area contributed by atoms with E-state index in [4.69, 9.17) is 0 Å². The number of aromatic nitrogens is 1. The molecule has 2 rings (SSSR count). The second kappa shape index (κ2) is 4.91. The summed E-state index contributed by atoms with van der Waals surface area (Å²) in [7, 11) is -1.40. The molecule has 1 unspecified atom stereocenters. The molecule has 0 amide bonds. The van der Waals surface area contributed by atoms with E-state index >= 15 is 0 Å². The molecule has 5 nitrogen and oxygen atoms in total. The molecule has 94 valence electrons. The minimum absolute atomic E-state index is 0.349. The SMILES string of the molecule is CN1CCC(S(=O)(=O)Nc2ccc(Br)cn2)C1. The van der Waals surface area contributed by atoms with Crippen molar-refractivity contribution in [1.82, 2.24) is 9.88 Å². The third kappa shape index (κ3) is 3.17. The molecule has 0 spiro atoms. The first-order valence-corrected chi connectivity index (χ1v) is 7.63. The Kier molecular flexibility index (Phi) is 3.70. The molecule has 1 saturated heterocycles. The zero-order valence-electron chi connectivity index (χ0n) is 9.43. The largest absolute Gasteiger partial charge is 0.305 e. The Morgan fingerprint density at radius 3 is 2.82 bits per heavy atom. The van der Waals surface area contributed by atoms with Crippen molar-refractivity contribution in [2.45, 2.75) is 11.7 Å². The van der Waals surface area contributed by atoms with Crippen molar-refractivity contribution in [3.05, 3.63) is 22.8 Å². The van der Waals surface area contributed by atoms with E-state index in [1.54, 1.807) is 18.3 Å². The van der Waals surface area contributed by atoms with Gasteiger partial charge in [0.1, 0.15) is 5.82 Å². The van der Waals surface area contributed by atoms with Gasteiger partial charge in [0, 0.05) is 17.2 Å². The monoisotopic (exact) mass is 319 g/mol. The maximum atomic E-state index is 12.0. The Labute approximate surface area is 109 Å². The highest BCUT2D eigenvalue weighted by atomic mass is 79.9. The average molecular weight is 320 g/mol. The fraction of sp³-hybridized carbons (Fsp3) is 0.500. The molecule has 1 atom stereocenters. The van der Waals surface area contributed by atoms with Crippen LogP contribution in [0.4, 0.5) is 5.82 Å². The summed E-state index contributed by atoms with van der Waals surface area (Å²) < 4.78 is 27.4. The number of likely N-dealkylation sites (tertiary alicyclic amines) is 1. The highest BCUT2D eigenvalue weighted by Gasteiger charge is 2.31. The summed E-state index contributed by atoms with van der Waals surface area (Å²) in [5.41, 5.74) is 0. The number of rotatable bonds is 3. The van der Waals surface area contributed by atoms with Gasteiger partial charge in [0.05, 0.1) is 5.25 Å². The van der Waals surface area contributed by atoms with E-state index in [2.05, 4.69) is 25.6 Å². The van der Waals surface area contributed by atoms with Crippen molar-refractivity contribution in [3.8, 4) is 0 Å². The molecule has 1 aliphatic rings. The molecule has 1 aromatic heterocycles. The first kappa shape index (κ1) is 12.8. The van der Waals surface area contributed by atoms with E-state index < -0.39 is 10.0 Å². The third-order valence-corrected chi connectivity index (χ3v) is 4.99. The molecule has 1 fully saturated rings. The summed E-state index contributed by atoms with van der Waals surface area (Å²) in [6.07, 6.45) is 2.24. The van der Waals surface area contributed by atoms with Crippen LogP contribution in [0.5, 0.6) is 0 Å². The number of halogens is 1. The smallest absolute Gasteiger partial charge is 0.238 e. The Morgan fingerprint density at radius 1 is 1.53 bits per heavy atom. The number of nitrogens with one attached hydrogen (secondary N) is 1. The van der Waals surface area contributed by atoms with Gasteiger partial charge in [-0.25, -0.2) is 13.4 Å². The topological polar surface area (TPSA) is 62.3 Å². The third-order valence-electron chi connectivity index (χ3n) is 2.76. The van der Waals surface area contributed by atoms with Crippen molar-refractivity contribution in [2.24, 2.45) is 0 Å². The predicted octanol–water partition coefficient (Wildman–Crippen LogP) is 1.29. The van der Waals surface area contributed by atoms with Gasteiger partial charge in [0.2, 0.25) is 10.0 Å². The maximum Gasteiger partial charge on any atom is 0.238 e. The fourth-order valence-corrected chi connectivity index (χ4v) is 3.49. The lowest BCUT2D eigenvalue weighted by Crippen LogP contribution is -2.30. The minimum Gasteiger partial charge on any atom is -0.305 e. The minimum atomic E-state index is -3.33. The summed E-state index contributed by atoms with van der Waals surface area (Å²) >= 11 is 3.25. The number of hydrogen-bond acceptors (Lipinski definition) is 4. The van der Waals surface area contributed by atoms with Crippen LogP contribution in [0.1, 0.15) is 6.42 Å². The molecule has 0 aromatic carbocycles. The number of nitrogens with zero attached hydrogens (tertiary/aromatic N) is 2. The van der Waals surface area contributed by atoms with Crippen LogP contribution in [0.15, 0.2) is 22.8 Å². The molecular formula is C10H14BrN3O2S. The fourth-order valence-electron chi connectivity index (χ4n) is 1.81. The molecule has 2 heterocycles. The van der Waals surface area contributed by atoms with E-state index in [1.165, 1.54) is 0 Å². The lowest BCUT2D eigenvalue weighted by molar-refractivity contribution is 0.417. The lowest BCUT2D eigenvalue weighted by atomic mass is 10.4. The molecule has 1 aliphatic heterocycles. The van der Waals surface area contributed by atoms with E-state index in [0.29, 0.717) is 18.8 Å². The second-order valence-electron chi connectivity index (χ2n) is 4.18. The lowest BCUT2D eigenvalue weighted by Gasteiger charge is -2.13. The van der Waals surface area contributed by atoms with Crippen LogP contribution in [-0.4, -0.2) is 43.7 Å². The second-order valence-corrected chi connectivity index (χ2v) is 7.06. The number of sulfonamides is 1. The van der Waals surface area contributed by atoms with Gasteiger partial charge >= 0.3 is 0 Å². The summed E-state index contributed by atoms with van der Waals surface area (Å²) in [5, 5.41) is -0.349. The molecule has 0 bridgehead atoms. The standard InChI is InChI=1S/C10H14BrN3O2S/c1-14-5-4-9(7-14)17(15,16)13-10-3-2-8(11)6-12-10/h2-3,6,9H,4-5,7H2,1H3,(H,12,13). The molecule has 0 saturated carbocycles. The van der Waals surface area contributed by atoms with Gasteiger partial charge in [0.25, 0.3) is 0 Å². The van der Waals surface area contributed by atoms with Gasteiger partial charge in [-0.15, -0.1) is 0 Å². The molecule has 17 heavy (non-hydrogen) atoms. The van der Waals surface area contributed by atoms with E-state index in [0.717, 1.165) is 11.0 Å². The van der Waals surface area contributed by atoms with Crippen LogP contribution >= 0.6 is 15.9 Å². The number of pyridine rings is 1. The van der Waals surface area contributed by atoms with Crippen LogP contribution in [0.3, 0.4) is 0 Å². The first-order chi connectivity index (χ1) is 7.97. The summed E-state index contributed by atoms with van der Waals surface area (Å²) in [4.78, 5) is 6.02. The van der Waals surface area contributed by atoms with E-state index in [1.807, 2.05) is 11.9 Å². The van der Waals surface area contributed by atoms with Crippen LogP contribution in [-0.2, 0) is 10.0 Å². The van der Waals surface area contributed by atoms with Crippen molar-refractivity contribution >= 4 is 31.8 Å². The number of hydrogen-bond donors (Lipinski definition) is 1. The first-order valence-electron chi connectivity index (χ1n) is 5.29. The zero-order chi connectivity index (χ0) is 12.5. The van der Waals surface area contributed by atoms with Crippen molar-refractivity contribution in [3.63, 3.8) is 0 Å². The molecule has 7 heteroatoms. The summed E-state index contributed by atoms with van der Waals surface area (Å²) in [5.74, 6) is 0.364. The van der Waals surface area contributed by atoms with E-state index in [-0.39, 0.29) is 5.25 Å².